The number of nitrogens with one attached hydrogen (secondary N) is 2. The highest BCUT2D eigenvalue weighted by Gasteiger charge is 2.26. The quantitative estimate of drug-likeness (QED) is 0.761. The Morgan fingerprint density at radius 1 is 1.47 bits per heavy atom. The molecule has 1 atom stereocenters. The summed E-state index contributed by atoms with van der Waals surface area (Å²) in [6.45, 7) is 4.56. The molecule has 0 saturated heterocycles. The minimum atomic E-state index is -0.0924. The summed E-state index contributed by atoms with van der Waals surface area (Å²) < 4.78 is 0. The molecule has 1 aromatic carbocycles. The van der Waals surface area contributed by atoms with Gasteiger partial charge in [0.2, 0.25) is 5.91 Å². The zero-order chi connectivity index (χ0) is 13.8. The first kappa shape index (κ1) is 14.0. The second-order valence-electron chi connectivity index (χ2n) is 5.43. The van der Waals surface area contributed by atoms with Crippen LogP contribution >= 0.6 is 0 Å². The molecule has 2 rings (SSSR count). The fraction of sp³-hybridized carbons (Fsp3) is 0.533. The predicted molar refractivity (Wildman–Crippen MR) is 75.9 cm³/mol. The van der Waals surface area contributed by atoms with Crippen LogP contribution in [-0.4, -0.2) is 23.7 Å². The first-order valence-electron chi connectivity index (χ1n) is 6.83. The van der Waals surface area contributed by atoms with Crippen molar-refractivity contribution in [1.82, 2.24) is 5.32 Å². The van der Waals surface area contributed by atoms with E-state index in [-0.39, 0.29) is 18.1 Å². The van der Waals surface area contributed by atoms with Gasteiger partial charge in [-0.2, -0.15) is 0 Å². The van der Waals surface area contributed by atoms with Crippen molar-refractivity contribution in [2.45, 2.75) is 38.8 Å². The van der Waals surface area contributed by atoms with E-state index in [4.69, 9.17) is 0 Å². The molecule has 0 bridgehead atoms. The fourth-order valence-electron chi connectivity index (χ4n) is 2.42. The van der Waals surface area contributed by atoms with E-state index in [0.29, 0.717) is 5.92 Å². The van der Waals surface area contributed by atoms with Gasteiger partial charge in [-0.05, 0) is 49.9 Å². The Morgan fingerprint density at radius 3 is 2.84 bits per heavy atom. The van der Waals surface area contributed by atoms with E-state index in [1.807, 2.05) is 18.2 Å². The van der Waals surface area contributed by atoms with E-state index in [0.717, 1.165) is 30.6 Å². The molecule has 1 amide bonds. The Bertz CT molecular complexity index is 442. The van der Waals surface area contributed by atoms with Crippen LogP contribution in [0.4, 0.5) is 5.69 Å². The number of carbonyl (C=O) groups is 1. The zero-order valence-electron chi connectivity index (χ0n) is 11.5. The average Bonchev–Trinajstić information content (AvgIpc) is 2.32. The maximum absolute atomic E-state index is 11.0. The SMILES string of the molecule is CC(=O)Nc1cccc(C(C)NCC2CC(O)C2)c1. The molecule has 1 aromatic rings. The average molecular weight is 262 g/mol. The summed E-state index contributed by atoms with van der Waals surface area (Å²) >= 11 is 0. The van der Waals surface area contributed by atoms with Gasteiger partial charge < -0.3 is 15.7 Å². The van der Waals surface area contributed by atoms with Gasteiger partial charge in [0.15, 0.2) is 0 Å². The number of anilines is 1. The molecule has 0 aromatic heterocycles. The number of carbonyl (C=O) groups excluding carboxylic acids is 1. The number of aliphatic hydroxyl groups is 1. The summed E-state index contributed by atoms with van der Waals surface area (Å²) in [5, 5.41) is 15.5. The van der Waals surface area contributed by atoms with Crippen LogP contribution in [0.2, 0.25) is 0 Å². The van der Waals surface area contributed by atoms with Gasteiger partial charge in [0, 0.05) is 18.7 Å². The number of hydrogen-bond acceptors (Lipinski definition) is 3. The van der Waals surface area contributed by atoms with E-state index in [9.17, 15) is 9.90 Å². The molecule has 104 valence electrons. The van der Waals surface area contributed by atoms with E-state index >= 15 is 0 Å². The summed E-state index contributed by atoms with van der Waals surface area (Å²) in [5.41, 5.74) is 1.99. The fourth-order valence-corrected chi connectivity index (χ4v) is 2.42. The van der Waals surface area contributed by atoms with Crippen LogP contribution in [0.25, 0.3) is 0 Å². The van der Waals surface area contributed by atoms with E-state index < -0.39 is 0 Å². The Hall–Kier alpha value is -1.39. The second-order valence-corrected chi connectivity index (χ2v) is 5.43. The summed E-state index contributed by atoms with van der Waals surface area (Å²) in [7, 11) is 0. The molecule has 0 radical (unpaired) electrons. The van der Waals surface area contributed by atoms with Crippen molar-refractivity contribution in [2.75, 3.05) is 11.9 Å². The van der Waals surface area contributed by atoms with Gasteiger partial charge in [-0.3, -0.25) is 4.79 Å². The molecule has 1 fully saturated rings. The summed E-state index contributed by atoms with van der Waals surface area (Å²) in [5.74, 6) is 0.539. The van der Waals surface area contributed by atoms with Crippen LogP contribution in [0, 0.1) is 5.92 Å². The number of aliphatic hydroxyl groups excluding tert-OH is 1. The molecular weight excluding hydrogens is 240 g/mol. The molecule has 1 saturated carbocycles. The predicted octanol–water partition coefficient (Wildman–Crippen LogP) is 2.07. The minimum absolute atomic E-state index is 0.0544. The van der Waals surface area contributed by atoms with Crippen molar-refractivity contribution in [3.63, 3.8) is 0 Å². The Morgan fingerprint density at radius 2 is 2.21 bits per heavy atom. The van der Waals surface area contributed by atoms with Crippen LogP contribution in [0.3, 0.4) is 0 Å². The smallest absolute Gasteiger partial charge is 0.221 e. The van der Waals surface area contributed by atoms with Gasteiger partial charge in [-0.1, -0.05) is 12.1 Å². The van der Waals surface area contributed by atoms with E-state index in [1.54, 1.807) is 0 Å². The number of amides is 1. The standard InChI is InChI=1S/C15H22N2O2/c1-10(16-9-12-6-15(19)7-12)13-4-3-5-14(8-13)17-11(2)18/h3-5,8,10,12,15-16,19H,6-7,9H2,1-2H3,(H,17,18). The maximum atomic E-state index is 11.0. The van der Waals surface area contributed by atoms with Crippen LogP contribution in [0.1, 0.15) is 38.3 Å². The lowest BCUT2D eigenvalue weighted by Gasteiger charge is -2.32. The Kier molecular flexibility index (Phi) is 4.56. The lowest BCUT2D eigenvalue weighted by atomic mass is 9.82. The van der Waals surface area contributed by atoms with Crippen LogP contribution in [-0.2, 0) is 4.79 Å². The van der Waals surface area contributed by atoms with E-state index in [2.05, 4.69) is 23.6 Å². The third-order valence-corrected chi connectivity index (χ3v) is 3.63. The first-order chi connectivity index (χ1) is 9.04. The maximum Gasteiger partial charge on any atom is 0.221 e. The van der Waals surface area contributed by atoms with Crippen molar-refractivity contribution >= 4 is 11.6 Å². The summed E-state index contributed by atoms with van der Waals surface area (Å²) in [6, 6.07) is 8.13. The second kappa shape index (κ2) is 6.17. The summed E-state index contributed by atoms with van der Waals surface area (Å²) in [4.78, 5) is 11.0. The number of benzene rings is 1. The highest BCUT2D eigenvalue weighted by atomic mass is 16.3. The van der Waals surface area contributed by atoms with Crippen LogP contribution < -0.4 is 10.6 Å². The number of rotatable bonds is 5. The Labute approximate surface area is 114 Å². The largest absolute Gasteiger partial charge is 0.393 e. The van der Waals surface area contributed by atoms with Gasteiger partial charge in [0.05, 0.1) is 6.10 Å². The highest BCUT2D eigenvalue weighted by Crippen LogP contribution is 2.27. The molecule has 0 heterocycles. The van der Waals surface area contributed by atoms with Gasteiger partial charge in [-0.15, -0.1) is 0 Å². The molecule has 3 N–H and O–H groups in total. The topological polar surface area (TPSA) is 61.4 Å². The monoisotopic (exact) mass is 262 g/mol. The molecule has 1 aliphatic rings. The molecule has 19 heavy (non-hydrogen) atoms. The molecule has 0 spiro atoms. The normalized spacial score (nSPS) is 23.5. The van der Waals surface area contributed by atoms with Crippen molar-refractivity contribution in [3.05, 3.63) is 29.8 Å². The third-order valence-electron chi connectivity index (χ3n) is 3.63. The molecule has 1 aliphatic carbocycles. The molecular formula is C15H22N2O2. The van der Waals surface area contributed by atoms with Gasteiger partial charge >= 0.3 is 0 Å². The van der Waals surface area contributed by atoms with Gasteiger partial charge in [0.1, 0.15) is 0 Å². The summed E-state index contributed by atoms with van der Waals surface area (Å²) in [6.07, 6.45) is 1.72. The van der Waals surface area contributed by atoms with Gasteiger partial charge in [0.25, 0.3) is 0 Å². The first-order valence-corrected chi connectivity index (χ1v) is 6.83. The van der Waals surface area contributed by atoms with Crippen LogP contribution in [0.15, 0.2) is 24.3 Å². The highest BCUT2D eigenvalue weighted by molar-refractivity contribution is 5.88. The zero-order valence-corrected chi connectivity index (χ0v) is 11.5. The van der Waals surface area contributed by atoms with Crippen LogP contribution in [0.5, 0.6) is 0 Å². The Balaban J connectivity index is 1.87. The van der Waals surface area contributed by atoms with Gasteiger partial charge in [-0.25, -0.2) is 0 Å². The van der Waals surface area contributed by atoms with E-state index in [1.165, 1.54) is 6.92 Å². The lowest BCUT2D eigenvalue weighted by Crippen LogP contribution is -2.36. The van der Waals surface area contributed by atoms with Crippen molar-refractivity contribution in [1.29, 1.82) is 0 Å². The van der Waals surface area contributed by atoms with Crippen molar-refractivity contribution in [3.8, 4) is 0 Å². The molecule has 4 heteroatoms. The van der Waals surface area contributed by atoms with Crippen molar-refractivity contribution < 1.29 is 9.90 Å². The molecule has 1 unspecified atom stereocenters. The number of hydrogen-bond donors (Lipinski definition) is 3. The molecule has 4 nitrogen and oxygen atoms in total. The molecule has 0 aliphatic heterocycles. The minimum Gasteiger partial charge on any atom is -0.393 e. The van der Waals surface area contributed by atoms with Crippen molar-refractivity contribution in [2.24, 2.45) is 5.92 Å². The third kappa shape index (κ3) is 4.04. The lowest BCUT2D eigenvalue weighted by molar-refractivity contribution is -0.114.